The zero-order valence-corrected chi connectivity index (χ0v) is 12.7. The molecule has 106 valence electrons. The molecule has 1 saturated carbocycles. The van der Waals surface area contributed by atoms with Crippen LogP contribution in [0, 0.1) is 0 Å². The molecule has 0 unspecified atom stereocenters. The molecule has 0 amide bonds. The third kappa shape index (κ3) is 5.71. The third-order valence-corrected chi connectivity index (χ3v) is 3.42. The van der Waals surface area contributed by atoms with E-state index in [0.29, 0.717) is 0 Å². The average Bonchev–Trinajstić information content (AvgIpc) is 2.79. The largest absolute Gasteiger partial charge is 0.355 e. The Morgan fingerprint density at radius 2 is 1.89 bits per heavy atom. The fraction of sp³-hybridized carbons (Fsp3) is 0.929. The highest BCUT2D eigenvalue weighted by molar-refractivity contribution is 5.80. The lowest BCUT2D eigenvalue weighted by atomic mass is 10.1. The first kappa shape index (κ1) is 15.3. The minimum atomic E-state index is 0.0548. The lowest BCUT2D eigenvalue weighted by Gasteiger charge is -2.26. The molecule has 0 radical (unpaired) electrons. The van der Waals surface area contributed by atoms with Crippen molar-refractivity contribution in [2.75, 3.05) is 27.2 Å². The van der Waals surface area contributed by atoms with Crippen LogP contribution in [0.1, 0.15) is 46.5 Å². The topological polar surface area (TPSA) is 39.7 Å². The molecule has 0 atom stereocenters. The minimum absolute atomic E-state index is 0.0548. The van der Waals surface area contributed by atoms with E-state index in [1.807, 2.05) is 7.05 Å². The van der Waals surface area contributed by atoms with E-state index in [9.17, 15) is 0 Å². The van der Waals surface area contributed by atoms with Crippen molar-refractivity contribution in [1.29, 1.82) is 0 Å². The van der Waals surface area contributed by atoms with Crippen molar-refractivity contribution in [2.24, 2.45) is 4.99 Å². The molecule has 0 bridgehead atoms. The molecule has 1 aliphatic rings. The Balaban J connectivity index is 2.23. The summed E-state index contributed by atoms with van der Waals surface area (Å²) in [5.41, 5.74) is 0.0548. The molecule has 0 aromatic heterocycles. The van der Waals surface area contributed by atoms with Crippen LogP contribution < -0.4 is 10.6 Å². The molecule has 2 N–H and O–H groups in total. The van der Waals surface area contributed by atoms with Gasteiger partial charge in [0.25, 0.3) is 0 Å². The summed E-state index contributed by atoms with van der Waals surface area (Å²) < 4.78 is 0. The maximum Gasteiger partial charge on any atom is 0.191 e. The number of nitrogens with one attached hydrogen (secondary N) is 2. The second-order valence-electron chi connectivity index (χ2n) is 6.29. The van der Waals surface area contributed by atoms with Gasteiger partial charge in [-0.3, -0.25) is 4.99 Å². The molecule has 1 fully saturated rings. The first-order valence-electron chi connectivity index (χ1n) is 7.11. The highest BCUT2D eigenvalue weighted by Crippen LogP contribution is 2.21. The number of hydrogen-bond acceptors (Lipinski definition) is 2. The Kier molecular flexibility index (Phi) is 5.93. The normalized spacial score (nSPS) is 18.4. The van der Waals surface area contributed by atoms with E-state index in [2.05, 4.69) is 48.3 Å². The number of guanidine groups is 1. The van der Waals surface area contributed by atoms with Gasteiger partial charge in [0.05, 0.1) is 0 Å². The van der Waals surface area contributed by atoms with Crippen LogP contribution in [0.4, 0.5) is 0 Å². The van der Waals surface area contributed by atoms with Gasteiger partial charge in [-0.2, -0.15) is 0 Å². The quantitative estimate of drug-likeness (QED) is 0.594. The van der Waals surface area contributed by atoms with Crippen LogP contribution in [0.3, 0.4) is 0 Å². The SMILES string of the molecule is CN=C(NCCN(C)C1CCCC1)NC(C)(C)C. The van der Waals surface area contributed by atoms with Crippen LogP contribution in [0.2, 0.25) is 0 Å². The predicted octanol–water partition coefficient (Wildman–Crippen LogP) is 1.82. The molecule has 18 heavy (non-hydrogen) atoms. The molecule has 4 nitrogen and oxygen atoms in total. The van der Waals surface area contributed by atoms with Crippen LogP contribution in [0.5, 0.6) is 0 Å². The van der Waals surface area contributed by atoms with Crippen LogP contribution >= 0.6 is 0 Å². The second-order valence-corrected chi connectivity index (χ2v) is 6.29. The molecule has 0 aliphatic heterocycles. The van der Waals surface area contributed by atoms with E-state index >= 15 is 0 Å². The number of aliphatic imine (C=N–C) groups is 1. The summed E-state index contributed by atoms with van der Waals surface area (Å²) in [5, 5.41) is 6.75. The maximum atomic E-state index is 4.24. The zero-order valence-electron chi connectivity index (χ0n) is 12.7. The Bertz CT molecular complexity index is 261. The van der Waals surface area contributed by atoms with Crippen LogP contribution in [-0.4, -0.2) is 49.6 Å². The Labute approximate surface area is 112 Å². The minimum Gasteiger partial charge on any atom is -0.355 e. The Hall–Kier alpha value is -0.770. The predicted molar refractivity (Wildman–Crippen MR) is 79.1 cm³/mol. The molecule has 0 aromatic rings. The van der Waals surface area contributed by atoms with E-state index in [1.54, 1.807) is 0 Å². The number of likely N-dealkylation sites (N-methyl/N-ethyl adjacent to an activating group) is 1. The van der Waals surface area contributed by atoms with Crippen LogP contribution in [0.15, 0.2) is 4.99 Å². The second kappa shape index (κ2) is 6.98. The van der Waals surface area contributed by atoms with Gasteiger partial charge < -0.3 is 15.5 Å². The summed E-state index contributed by atoms with van der Waals surface area (Å²) in [6.07, 6.45) is 5.53. The summed E-state index contributed by atoms with van der Waals surface area (Å²) in [5.74, 6) is 0.891. The van der Waals surface area contributed by atoms with Crippen molar-refractivity contribution < 1.29 is 0 Å². The van der Waals surface area contributed by atoms with Gasteiger partial charge in [0, 0.05) is 31.7 Å². The third-order valence-electron chi connectivity index (χ3n) is 3.42. The van der Waals surface area contributed by atoms with Gasteiger partial charge in [0.2, 0.25) is 0 Å². The van der Waals surface area contributed by atoms with Crippen molar-refractivity contribution in [2.45, 2.75) is 58.0 Å². The van der Waals surface area contributed by atoms with E-state index < -0.39 is 0 Å². The first-order chi connectivity index (χ1) is 8.42. The molecular formula is C14H30N4. The van der Waals surface area contributed by atoms with E-state index in [-0.39, 0.29) is 5.54 Å². The lowest BCUT2D eigenvalue weighted by Crippen LogP contribution is -2.49. The fourth-order valence-corrected chi connectivity index (χ4v) is 2.41. The summed E-state index contributed by atoms with van der Waals surface area (Å²) in [6.45, 7) is 8.46. The molecule has 0 aromatic carbocycles. The average molecular weight is 254 g/mol. The monoisotopic (exact) mass is 254 g/mol. The van der Waals surface area contributed by atoms with E-state index in [4.69, 9.17) is 0 Å². The molecule has 0 spiro atoms. The van der Waals surface area contributed by atoms with E-state index in [0.717, 1.165) is 25.1 Å². The molecule has 1 aliphatic carbocycles. The highest BCUT2D eigenvalue weighted by atomic mass is 15.2. The Morgan fingerprint density at radius 1 is 1.28 bits per heavy atom. The molecule has 4 heteroatoms. The first-order valence-corrected chi connectivity index (χ1v) is 7.11. The van der Waals surface area contributed by atoms with Gasteiger partial charge in [-0.15, -0.1) is 0 Å². The van der Waals surface area contributed by atoms with Gasteiger partial charge >= 0.3 is 0 Å². The van der Waals surface area contributed by atoms with Crippen LogP contribution in [0.25, 0.3) is 0 Å². The van der Waals surface area contributed by atoms with Gasteiger partial charge in [-0.1, -0.05) is 12.8 Å². The number of hydrogen-bond donors (Lipinski definition) is 2. The van der Waals surface area contributed by atoms with Gasteiger partial charge in [-0.25, -0.2) is 0 Å². The molecule has 1 rings (SSSR count). The lowest BCUT2D eigenvalue weighted by molar-refractivity contribution is 0.249. The van der Waals surface area contributed by atoms with Crippen molar-refractivity contribution in [3.63, 3.8) is 0 Å². The fourth-order valence-electron chi connectivity index (χ4n) is 2.41. The van der Waals surface area contributed by atoms with Crippen molar-refractivity contribution >= 4 is 5.96 Å². The van der Waals surface area contributed by atoms with Crippen molar-refractivity contribution in [1.82, 2.24) is 15.5 Å². The molecule has 0 heterocycles. The summed E-state index contributed by atoms with van der Waals surface area (Å²) in [6, 6.07) is 0.796. The Morgan fingerprint density at radius 3 is 2.39 bits per heavy atom. The van der Waals surface area contributed by atoms with Gasteiger partial charge in [0.1, 0.15) is 0 Å². The van der Waals surface area contributed by atoms with Gasteiger partial charge in [0.15, 0.2) is 5.96 Å². The number of rotatable bonds is 4. The van der Waals surface area contributed by atoms with Gasteiger partial charge in [-0.05, 0) is 40.7 Å². The summed E-state index contributed by atoms with van der Waals surface area (Å²) in [7, 11) is 4.05. The molecule has 0 saturated heterocycles. The summed E-state index contributed by atoms with van der Waals surface area (Å²) in [4.78, 5) is 6.72. The maximum absolute atomic E-state index is 4.24. The zero-order chi connectivity index (χ0) is 13.6. The van der Waals surface area contributed by atoms with Crippen molar-refractivity contribution in [3.8, 4) is 0 Å². The smallest absolute Gasteiger partial charge is 0.191 e. The number of nitrogens with zero attached hydrogens (tertiary/aromatic N) is 2. The summed E-state index contributed by atoms with van der Waals surface area (Å²) >= 11 is 0. The standard InChI is InChI=1S/C14H30N4/c1-14(2,3)17-13(15-4)16-10-11-18(5)12-8-6-7-9-12/h12H,6-11H2,1-5H3,(H2,15,16,17). The van der Waals surface area contributed by atoms with Crippen molar-refractivity contribution in [3.05, 3.63) is 0 Å². The van der Waals surface area contributed by atoms with Crippen LogP contribution in [-0.2, 0) is 0 Å². The van der Waals surface area contributed by atoms with E-state index in [1.165, 1.54) is 25.7 Å². The highest BCUT2D eigenvalue weighted by Gasteiger charge is 2.19. The molecular weight excluding hydrogens is 224 g/mol.